The van der Waals surface area contributed by atoms with Gasteiger partial charge in [-0.25, -0.2) is 0 Å². The minimum atomic E-state index is 0.981. The molecule has 0 saturated heterocycles. The average molecular weight is 173 g/mol. The van der Waals surface area contributed by atoms with Gasteiger partial charge in [0.25, 0.3) is 0 Å². The molecule has 0 amide bonds. The Kier molecular flexibility index (Phi) is 5.04. The van der Waals surface area contributed by atoms with E-state index in [-0.39, 0.29) is 0 Å². The first-order chi connectivity index (χ1) is 5.43. The Morgan fingerprint density at radius 2 is 2.00 bits per heavy atom. The fourth-order valence-corrected chi connectivity index (χ4v) is 1.88. The van der Waals surface area contributed by atoms with E-state index < -0.39 is 0 Å². The number of hydrogen-bond acceptors (Lipinski definition) is 2. The van der Waals surface area contributed by atoms with Gasteiger partial charge in [-0.2, -0.15) is 12.6 Å². The van der Waals surface area contributed by atoms with Crippen LogP contribution < -0.4 is 5.32 Å². The third-order valence-electron chi connectivity index (χ3n) is 2.42. The van der Waals surface area contributed by atoms with Crippen molar-refractivity contribution in [2.75, 3.05) is 18.8 Å². The molecule has 1 nitrogen and oxygen atoms in total. The van der Waals surface area contributed by atoms with Gasteiger partial charge in [-0.1, -0.05) is 12.8 Å². The normalized spacial score (nSPS) is 19.4. The van der Waals surface area contributed by atoms with Crippen LogP contribution in [0.2, 0.25) is 0 Å². The molecule has 0 aliphatic heterocycles. The number of thiol groups is 1. The zero-order chi connectivity index (χ0) is 7.94. The summed E-state index contributed by atoms with van der Waals surface area (Å²) in [5.74, 6) is 1.99. The molecule has 1 rings (SSSR count). The Morgan fingerprint density at radius 1 is 1.27 bits per heavy atom. The summed E-state index contributed by atoms with van der Waals surface area (Å²) in [6.45, 7) is 2.40. The van der Waals surface area contributed by atoms with Gasteiger partial charge in [0.2, 0.25) is 0 Å². The Balaban J connectivity index is 1.86. The van der Waals surface area contributed by atoms with Crippen LogP contribution in [-0.2, 0) is 0 Å². The fourth-order valence-electron chi connectivity index (χ4n) is 1.72. The molecular weight excluding hydrogens is 154 g/mol. The van der Waals surface area contributed by atoms with E-state index in [1.807, 2.05) is 0 Å². The van der Waals surface area contributed by atoms with Crippen LogP contribution in [0.25, 0.3) is 0 Å². The molecule has 1 aliphatic rings. The smallest absolute Gasteiger partial charge is 0.00205 e. The van der Waals surface area contributed by atoms with Crippen molar-refractivity contribution in [1.82, 2.24) is 5.32 Å². The predicted molar refractivity (Wildman–Crippen MR) is 53.3 cm³/mol. The van der Waals surface area contributed by atoms with Gasteiger partial charge in [0, 0.05) is 0 Å². The molecule has 1 aliphatic carbocycles. The summed E-state index contributed by atoms with van der Waals surface area (Å²) in [5, 5.41) is 3.48. The van der Waals surface area contributed by atoms with Crippen molar-refractivity contribution in [2.24, 2.45) is 5.92 Å². The zero-order valence-electron chi connectivity index (χ0n) is 7.18. The number of rotatable bonds is 5. The lowest BCUT2D eigenvalue weighted by atomic mass is 10.1. The van der Waals surface area contributed by atoms with E-state index in [0.717, 1.165) is 18.2 Å². The van der Waals surface area contributed by atoms with Gasteiger partial charge in [0.15, 0.2) is 0 Å². The number of nitrogens with one attached hydrogen (secondary N) is 1. The molecule has 0 unspecified atom stereocenters. The topological polar surface area (TPSA) is 12.0 Å². The van der Waals surface area contributed by atoms with Crippen LogP contribution in [0.3, 0.4) is 0 Å². The van der Waals surface area contributed by atoms with Crippen molar-refractivity contribution in [3.63, 3.8) is 0 Å². The van der Waals surface area contributed by atoms with E-state index in [1.165, 1.54) is 38.6 Å². The maximum absolute atomic E-state index is 4.16. The lowest BCUT2D eigenvalue weighted by Gasteiger charge is -2.09. The lowest BCUT2D eigenvalue weighted by Crippen LogP contribution is -2.22. The molecule has 0 spiro atoms. The molecule has 66 valence electrons. The van der Waals surface area contributed by atoms with Gasteiger partial charge < -0.3 is 5.32 Å². The van der Waals surface area contributed by atoms with Crippen molar-refractivity contribution in [3.8, 4) is 0 Å². The summed E-state index contributed by atoms with van der Waals surface area (Å²) in [6, 6.07) is 0. The van der Waals surface area contributed by atoms with Crippen molar-refractivity contribution in [3.05, 3.63) is 0 Å². The first-order valence-electron chi connectivity index (χ1n) is 4.75. The molecule has 1 saturated carbocycles. The van der Waals surface area contributed by atoms with Gasteiger partial charge in [-0.15, -0.1) is 0 Å². The molecule has 1 N–H and O–H groups in total. The molecule has 0 atom stereocenters. The first kappa shape index (κ1) is 9.40. The van der Waals surface area contributed by atoms with Crippen molar-refractivity contribution in [2.45, 2.75) is 32.1 Å². The van der Waals surface area contributed by atoms with Crippen LogP contribution in [0.4, 0.5) is 0 Å². The molecule has 11 heavy (non-hydrogen) atoms. The lowest BCUT2D eigenvalue weighted by molar-refractivity contribution is 0.490. The van der Waals surface area contributed by atoms with Crippen molar-refractivity contribution < 1.29 is 0 Å². The third kappa shape index (κ3) is 4.02. The predicted octanol–water partition coefficient (Wildman–Crippen LogP) is 2.09. The van der Waals surface area contributed by atoms with E-state index in [1.54, 1.807) is 0 Å². The van der Waals surface area contributed by atoms with Gasteiger partial charge >= 0.3 is 0 Å². The van der Waals surface area contributed by atoms with E-state index in [0.29, 0.717) is 0 Å². The summed E-state index contributed by atoms with van der Waals surface area (Å²) in [4.78, 5) is 0. The Hall–Kier alpha value is 0.310. The van der Waals surface area contributed by atoms with Crippen LogP contribution in [0.5, 0.6) is 0 Å². The monoisotopic (exact) mass is 173 g/mol. The highest BCUT2D eigenvalue weighted by molar-refractivity contribution is 7.80. The second-order valence-electron chi connectivity index (χ2n) is 3.43. The minimum Gasteiger partial charge on any atom is -0.316 e. The summed E-state index contributed by atoms with van der Waals surface area (Å²) in [7, 11) is 0. The largest absolute Gasteiger partial charge is 0.316 e. The summed E-state index contributed by atoms with van der Waals surface area (Å²) >= 11 is 4.16. The highest BCUT2D eigenvalue weighted by Gasteiger charge is 2.13. The van der Waals surface area contributed by atoms with Gasteiger partial charge in [0.05, 0.1) is 0 Å². The standard InChI is InChI=1S/C9H19NS/c11-7-3-6-10-8-9-4-1-2-5-9/h9-11H,1-8H2. The van der Waals surface area contributed by atoms with E-state index in [2.05, 4.69) is 17.9 Å². The van der Waals surface area contributed by atoms with Gasteiger partial charge in [-0.3, -0.25) is 0 Å². The number of hydrogen-bond donors (Lipinski definition) is 2. The van der Waals surface area contributed by atoms with Crippen LogP contribution >= 0.6 is 12.6 Å². The second-order valence-corrected chi connectivity index (χ2v) is 3.88. The Morgan fingerprint density at radius 3 is 2.64 bits per heavy atom. The molecule has 0 radical (unpaired) electrons. The molecule has 0 aromatic rings. The van der Waals surface area contributed by atoms with Crippen LogP contribution in [-0.4, -0.2) is 18.8 Å². The quantitative estimate of drug-likeness (QED) is 0.479. The van der Waals surface area contributed by atoms with Gasteiger partial charge in [-0.05, 0) is 44.0 Å². The highest BCUT2D eigenvalue weighted by Crippen LogP contribution is 2.23. The van der Waals surface area contributed by atoms with Crippen LogP contribution in [0, 0.1) is 5.92 Å². The molecule has 1 fully saturated rings. The third-order valence-corrected chi connectivity index (χ3v) is 2.74. The molecule has 0 aromatic heterocycles. The average Bonchev–Trinajstić information content (AvgIpc) is 2.50. The highest BCUT2D eigenvalue weighted by atomic mass is 32.1. The van der Waals surface area contributed by atoms with E-state index in [9.17, 15) is 0 Å². The maximum atomic E-state index is 4.16. The first-order valence-corrected chi connectivity index (χ1v) is 5.38. The Labute approximate surface area is 75.4 Å². The molecular formula is C9H19NS. The fraction of sp³-hybridized carbons (Fsp3) is 1.00. The van der Waals surface area contributed by atoms with Crippen LogP contribution in [0.15, 0.2) is 0 Å². The summed E-state index contributed by atoms with van der Waals surface area (Å²) in [5.41, 5.74) is 0. The molecule has 0 aromatic carbocycles. The molecule has 0 bridgehead atoms. The van der Waals surface area contributed by atoms with E-state index >= 15 is 0 Å². The van der Waals surface area contributed by atoms with E-state index in [4.69, 9.17) is 0 Å². The summed E-state index contributed by atoms with van der Waals surface area (Å²) in [6.07, 6.45) is 7.02. The maximum Gasteiger partial charge on any atom is -0.00205 e. The Bertz CT molecular complexity index is 89.6. The van der Waals surface area contributed by atoms with Gasteiger partial charge in [0.1, 0.15) is 0 Å². The van der Waals surface area contributed by atoms with Crippen molar-refractivity contribution >= 4 is 12.6 Å². The SMILES string of the molecule is SCCCNCC1CCCC1. The van der Waals surface area contributed by atoms with Crippen molar-refractivity contribution in [1.29, 1.82) is 0 Å². The van der Waals surface area contributed by atoms with Crippen LogP contribution in [0.1, 0.15) is 32.1 Å². The molecule has 2 heteroatoms. The second kappa shape index (κ2) is 5.90. The molecule has 0 heterocycles. The summed E-state index contributed by atoms with van der Waals surface area (Å²) < 4.78 is 0. The zero-order valence-corrected chi connectivity index (χ0v) is 8.08. The minimum absolute atomic E-state index is 0.981.